The van der Waals surface area contributed by atoms with Crippen LogP contribution in [0, 0.1) is 5.92 Å². The van der Waals surface area contributed by atoms with Gasteiger partial charge in [-0.25, -0.2) is 0 Å². The monoisotopic (exact) mass is 341 g/mol. The maximum atomic E-state index is 11.8. The Morgan fingerprint density at radius 1 is 1.35 bits per heavy atom. The normalized spacial score (nSPS) is 20.6. The van der Waals surface area contributed by atoms with E-state index in [2.05, 4.69) is 51.4 Å². The Labute approximate surface area is 129 Å². The van der Waals surface area contributed by atoms with Crippen LogP contribution in [-0.4, -0.2) is 33.6 Å². The number of rotatable bonds is 5. The van der Waals surface area contributed by atoms with Crippen molar-refractivity contribution in [2.45, 2.75) is 53.1 Å². The SMILES string of the molecule is CCc1nn(CC)c(CN2CCC(=O)C(CC)C2)c1Br. The summed E-state index contributed by atoms with van der Waals surface area (Å²) in [6.45, 7) is 9.88. The minimum Gasteiger partial charge on any atom is -0.299 e. The highest BCUT2D eigenvalue weighted by Gasteiger charge is 2.27. The number of likely N-dealkylation sites (tertiary alicyclic amines) is 1. The minimum absolute atomic E-state index is 0.214. The molecule has 1 aliphatic heterocycles. The van der Waals surface area contributed by atoms with Gasteiger partial charge in [0, 0.05) is 38.5 Å². The Balaban J connectivity index is 2.13. The molecule has 0 N–H and O–H groups in total. The molecule has 5 heteroatoms. The zero-order chi connectivity index (χ0) is 14.7. The molecule has 1 atom stereocenters. The number of nitrogens with zero attached hydrogens (tertiary/aromatic N) is 3. The second kappa shape index (κ2) is 6.85. The van der Waals surface area contributed by atoms with Crippen LogP contribution in [0.5, 0.6) is 0 Å². The van der Waals surface area contributed by atoms with Crippen LogP contribution in [0.4, 0.5) is 0 Å². The average molecular weight is 342 g/mol. The highest BCUT2D eigenvalue weighted by molar-refractivity contribution is 9.10. The smallest absolute Gasteiger partial charge is 0.138 e. The molecule has 1 aliphatic rings. The third-order valence-electron chi connectivity index (χ3n) is 4.17. The topological polar surface area (TPSA) is 38.1 Å². The van der Waals surface area contributed by atoms with E-state index in [0.29, 0.717) is 12.2 Å². The van der Waals surface area contributed by atoms with E-state index in [1.165, 1.54) is 5.69 Å². The summed E-state index contributed by atoms with van der Waals surface area (Å²) in [6, 6.07) is 0. The van der Waals surface area contributed by atoms with Gasteiger partial charge in [-0.1, -0.05) is 13.8 Å². The molecule has 0 aromatic carbocycles. The number of piperidine rings is 1. The second-order valence-corrected chi connectivity index (χ2v) is 6.23. The van der Waals surface area contributed by atoms with Crippen molar-refractivity contribution in [1.82, 2.24) is 14.7 Å². The minimum atomic E-state index is 0.214. The lowest BCUT2D eigenvalue weighted by Gasteiger charge is -2.31. The van der Waals surface area contributed by atoms with Crippen LogP contribution in [0.1, 0.15) is 45.0 Å². The van der Waals surface area contributed by atoms with Gasteiger partial charge >= 0.3 is 0 Å². The van der Waals surface area contributed by atoms with Gasteiger partial charge in [-0.05, 0) is 35.7 Å². The summed E-state index contributed by atoms with van der Waals surface area (Å²) >= 11 is 3.70. The molecule has 0 radical (unpaired) electrons. The largest absolute Gasteiger partial charge is 0.299 e. The van der Waals surface area contributed by atoms with E-state index in [-0.39, 0.29) is 5.92 Å². The molecule has 1 saturated heterocycles. The molecule has 1 unspecified atom stereocenters. The predicted molar refractivity (Wildman–Crippen MR) is 83.7 cm³/mol. The third-order valence-corrected chi connectivity index (χ3v) is 5.08. The van der Waals surface area contributed by atoms with Crippen molar-refractivity contribution in [3.8, 4) is 0 Å². The van der Waals surface area contributed by atoms with E-state index in [9.17, 15) is 4.79 Å². The molecule has 0 amide bonds. The van der Waals surface area contributed by atoms with Crippen LogP contribution in [0.2, 0.25) is 0 Å². The molecule has 20 heavy (non-hydrogen) atoms. The third kappa shape index (κ3) is 3.14. The molecular formula is C15H24BrN3O. The van der Waals surface area contributed by atoms with Crippen molar-refractivity contribution in [2.75, 3.05) is 13.1 Å². The first-order valence-corrected chi connectivity index (χ1v) is 8.39. The van der Waals surface area contributed by atoms with Gasteiger partial charge in [0.25, 0.3) is 0 Å². The molecule has 0 spiro atoms. The summed E-state index contributed by atoms with van der Waals surface area (Å²) in [7, 11) is 0. The van der Waals surface area contributed by atoms with Gasteiger partial charge in [-0.15, -0.1) is 0 Å². The van der Waals surface area contributed by atoms with E-state index in [0.717, 1.165) is 49.2 Å². The van der Waals surface area contributed by atoms with Gasteiger partial charge < -0.3 is 0 Å². The number of halogens is 1. The highest BCUT2D eigenvalue weighted by atomic mass is 79.9. The van der Waals surface area contributed by atoms with Crippen LogP contribution in [0.3, 0.4) is 0 Å². The molecule has 4 nitrogen and oxygen atoms in total. The zero-order valence-electron chi connectivity index (χ0n) is 12.7. The lowest BCUT2D eigenvalue weighted by Crippen LogP contribution is -2.40. The van der Waals surface area contributed by atoms with Gasteiger partial charge in [-0.2, -0.15) is 5.10 Å². The van der Waals surface area contributed by atoms with Gasteiger partial charge in [0.05, 0.1) is 15.9 Å². The fraction of sp³-hybridized carbons (Fsp3) is 0.733. The summed E-state index contributed by atoms with van der Waals surface area (Å²) in [5.74, 6) is 0.646. The summed E-state index contributed by atoms with van der Waals surface area (Å²) in [5, 5.41) is 4.64. The van der Waals surface area contributed by atoms with Gasteiger partial charge in [0.15, 0.2) is 0 Å². The molecule has 0 saturated carbocycles. The van der Waals surface area contributed by atoms with Crippen molar-refractivity contribution in [3.63, 3.8) is 0 Å². The molecule has 112 valence electrons. The molecular weight excluding hydrogens is 318 g/mol. The van der Waals surface area contributed by atoms with E-state index in [1.54, 1.807) is 0 Å². The lowest BCUT2D eigenvalue weighted by atomic mass is 9.94. The Kier molecular flexibility index (Phi) is 5.38. The number of ketones is 1. The van der Waals surface area contributed by atoms with E-state index in [4.69, 9.17) is 0 Å². The number of aryl methyl sites for hydroxylation is 2. The van der Waals surface area contributed by atoms with Crippen molar-refractivity contribution < 1.29 is 4.79 Å². The maximum Gasteiger partial charge on any atom is 0.138 e. The van der Waals surface area contributed by atoms with E-state index < -0.39 is 0 Å². The highest BCUT2D eigenvalue weighted by Crippen LogP contribution is 2.25. The number of hydrogen-bond acceptors (Lipinski definition) is 3. The number of Topliss-reactive ketones (excluding diaryl/α,β-unsaturated/α-hetero) is 1. The van der Waals surface area contributed by atoms with Gasteiger partial charge in [-0.3, -0.25) is 14.4 Å². The zero-order valence-corrected chi connectivity index (χ0v) is 14.2. The molecule has 2 rings (SSSR count). The molecule has 2 heterocycles. The van der Waals surface area contributed by atoms with E-state index in [1.807, 2.05) is 0 Å². The number of carbonyl (C=O) groups is 1. The van der Waals surface area contributed by atoms with E-state index >= 15 is 0 Å². The summed E-state index contributed by atoms with van der Waals surface area (Å²) in [6.07, 6.45) is 2.58. The first-order chi connectivity index (χ1) is 9.60. The number of hydrogen-bond donors (Lipinski definition) is 0. The molecule has 1 fully saturated rings. The Morgan fingerprint density at radius 2 is 2.10 bits per heavy atom. The Bertz CT molecular complexity index is 484. The fourth-order valence-corrected chi connectivity index (χ4v) is 3.55. The summed E-state index contributed by atoms with van der Waals surface area (Å²) in [4.78, 5) is 14.2. The summed E-state index contributed by atoms with van der Waals surface area (Å²) in [5.41, 5.74) is 2.37. The maximum absolute atomic E-state index is 11.8. The first-order valence-electron chi connectivity index (χ1n) is 7.59. The van der Waals surface area contributed by atoms with Crippen molar-refractivity contribution >= 4 is 21.7 Å². The van der Waals surface area contributed by atoms with Crippen molar-refractivity contribution in [1.29, 1.82) is 0 Å². The summed E-state index contributed by atoms with van der Waals surface area (Å²) < 4.78 is 3.23. The molecule has 1 aromatic rings. The lowest BCUT2D eigenvalue weighted by molar-refractivity contribution is -0.126. The van der Waals surface area contributed by atoms with Crippen molar-refractivity contribution in [3.05, 3.63) is 15.9 Å². The Morgan fingerprint density at radius 3 is 2.70 bits per heavy atom. The standard InChI is InChI=1S/C15H24BrN3O/c1-4-11-9-18(8-7-14(11)20)10-13-15(16)12(5-2)17-19(13)6-3/h11H,4-10H2,1-3H3. The van der Waals surface area contributed by atoms with Crippen LogP contribution >= 0.6 is 15.9 Å². The van der Waals surface area contributed by atoms with Crippen LogP contribution < -0.4 is 0 Å². The number of carbonyl (C=O) groups excluding carboxylic acids is 1. The first kappa shape index (κ1) is 15.7. The van der Waals surface area contributed by atoms with Gasteiger partial charge in [0.1, 0.15) is 5.78 Å². The molecule has 0 aliphatic carbocycles. The fourth-order valence-electron chi connectivity index (χ4n) is 2.86. The molecule has 0 bridgehead atoms. The van der Waals surface area contributed by atoms with Gasteiger partial charge in [0.2, 0.25) is 0 Å². The Hall–Kier alpha value is -0.680. The second-order valence-electron chi connectivity index (χ2n) is 5.43. The predicted octanol–water partition coefficient (Wildman–Crippen LogP) is 3.03. The van der Waals surface area contributed by atoms with Crippen LogP contribution in [0.25, 0.3) is 0 Å². The quantitative estimate of drug-likeness (QED) is 0.826. The van der Waals surface area contributed by atoms with Crippen molar-refractivity contribution in [2.24, 2.45) is 5.92 Å². The average Bonchev–Trinajstić information content (AvgIpc) is 2.77. The number of aromatic nitrogens is 2. The van der Waals surface area contributed by atoms with Crippen LogP contribution in [0.15, 0.2) is 4.47 Å². The molecule has 1 aromatic heterocycles. The van der Waals surface area contributed by atoms with Crippen LogP contribution in [-0.2, 0) is 24.3 Å².